The van der Waals surface area contributed by atoms with E-state index in [1.54, 1.807) is 6.07 Å². The zero-order valence-electron chi connectivity index (χ0n) is 14.1. The van der Waals surface area contributed by atoms with Gasteiger partial charge >= 0.3 is 0 Å². The Labute approximate surface area is 157 Å². The Morgan fingerprint density at radius 2 is 2.20 bits per heavy atom. The number of aryl methyl sites for hydroxylation is 1. The molecule has 0 amide bonds. The minimum atomic E-state index is -0.0772. The fraction of sp³-hybridized carbons (Fsp3) is 0.529. The van der Waals surface area contributed by atoms with Crippen LogP contribution in [0.1, 0.15) is 24.5 Å². The van der Waals surface area contributed by atoms with Gasteiger partial charge in [0.05, 0.1) is 30.5 Å². The molecule has 2 aliphatic heterocycles. The first-order valence-corrected chi connectivity index (χ1v) is 9.22. The standard InChI is InChI=1S/C17H22ClN3O3S/c1-2-11-7-12(8-14(18)16(11)22)15-9-13(24-20-15)10-19-17(25)21-3-5-23-6-4-21/h7-8,13,22H,2-6,9-10H2,1H3,(H,19,25). The van der Waals surface area contributed by atoms with E-state index in [4.69, 9.17) is 33.4 Å². The van der Waals surface area contributed by atoms with Gasteiger partial charge in [0.25, 0.3) is 0 Å². The van der Waals surface area contributed by atoms with Crippen LogP contribution < -0.4 is 5.32 Å². The molecular formula is C17H22ClN3O3S. The van der Waals surface area contributed by atoms with E-state index < -0.39 is 0 Å². The SMILES string of the molecule is CCc1cc(C2=NOC(CNC(=S)N3CCOCC3)C2)cc(Cl)c1O. The van der Waals surface area contributed by atoms with Crippen molar-refractivity contribution in [1.29, 1.82) is 0 Å². The molecule has 0 bridgehead atoms. The minimum Gasteiger partial charge on any atom is -0.506 e. The number of aromatic hydroxyl groups is 1. The van der Waals surface area contributed by atoms with E-state index in [2.05, 4.69) is 15.4 Å². The Hall–Kier alpha value is -1.57. The van der Waals surface area contributed by atoms with Crippen LogP contribution in [0.15, 0.2) is 17.3 Å². The van der Waals surface area contributed by atoms with E-state index in [-0.39, 0.29) is 11.9 Å². The van der Waals surface area contributed by atoms with Gasteiger partial charge in [-0.1, -0.05) is 23.7 Å². The van der Waals surface area contributed by atoms with Crippen molar-refractivity contribution in [2.75, 3.05) is 32.8 Å². The molecule has 25 heavy (non-hydrogen) atoms. The molecule has 0 saturated carbocycles. The number of benzene rings is 1. The summed E-state index contributed by atoms with van der Waals surface area (Å²) in [6.07, 6.45) is 1.29. The lowest BCUT2D eigenvalue weighted by Crippen LogP contribution is -2.47. The van der Waals surface area contributed by atoms with E-state index in [9.17, 15) is 5.11 Å². The topological polar surface area (TPSA) is 66.3 Å². The second-order valence-electron chi connectivity index (χ2n) is 6.07. The molecule has 136 valence electrons. The number of rotatable bonds is 4. The van der Waals surface area contributed by atoms with Gasteiger partial charge in [-0.2, -0.15) is 0 Å². The third-order valence-corrected chi connectivity index (χ3v) is 5.06. The number of hydrogen-bond donors (Lipinski definition) is 2. The summed E-state index contributed by atoms with van der Waals surface area (Å²) in [5.74, 6) is 0.140. The predicted molar refractivity (Wildman–Crippen MR) is 102 cm³/mol. The summed E-state index contributed by atoms with van der Waals surface area (Å²) in [5, 5.41) is 18.4. The number of phenols is 1. The van der Waals surface area contributed by atoms with Gasteiger partial charge in [0.2, 0.25) is 0 Å². The van der Waals surface area contributed by atoms with Crippen LogP contribution in [-0.4, -0.2) is 59.8 Å². The summed E-state index contributed by atoms with van der Waals surface area (Å²) < 4.78 is 5.33. The van der Waals surface area contributed by atoms with Crippen LogP contribution in [0.3, 0.4) is 0 Å². The molecule has 1 atom stereocenters. The lowest BCUT2D eigenvalue weighted by Gasteiger charge is -2.29. The van der Waals surface area contributed by atoms with Crippen LogP contribution in [0.2, 0.25) is 5.02 Å². The summed E-state index contributed by atoms with van der Waals surface area (Å²) >= 11 is 11.5. The van der Waals surface area contributed by atoms with Gasteiger partial charge in [-0.15, -0.1) is 0 Å². The molecule has 1 unspecified atom stereocenters. The summed E-state index contributed by atoms with van der Waals surface area (Å²) in [5.41, 5.74) is 2.53. The van der Waals surface area contributed by atoms with Crippen molar-refractivity contribution in [2.45, 2.75) is 25.9 Å². The maximum Gasteiger partial charge on any atom is 0.169 e. The number of morpholine rings is 1. The molecule has 2 heterocycles. The lowest BCUT2D eigenvalue weighted by atomic mass is 10.0. The van der Waals surface area contributed by atoms with Crippen LogP contribution in [0.5, 0.6) is 5.75 Å². The number of oxime groups is 1. The minimum absolute atomic E-state index is 0.0772. The molecule has 2 aliphatic rings. The molecule has 1 fully saturated rings. The van der Waals surface area contributed by atoms with Gasteiger partial charge in [-0.05, 0) is 36.3 Å². The Morgan fingerprint density at radius 3 is 2.92 bits per heavy atom. The molecule has 0 spiro atoms. The predicted octanol–water partition coefficient (Wildman–Crippen LogP) is 2.31. The highest BCUT2D eigenvalue weighted by molar-refractivity contribution is 7.80. The van der Waals surface area contributed by atoms with E-state index in [0.29, 0.717) is 37.6 Å². The zero-order valence-corrected chi connectivity index (χ0v) is 15.7. The van der Waals surface area contributed by atoms with Gasteiger partial charge in [0, 0.05) is 25.1 Å². The molecule has 1 aromatic carbocycles. The average molecular weight is 384 g/mol. The third-order valence-electron chi connectivity index (χ3n) is 4.37. The summed E-state index contributed by atoms with van der Waals surface area (Å²) in [6, 6.07) is 3.64. The van der Waals surface area contributed by atoms with Gasteiger partial charge in [-0.25, -0.2) is 0 Å². The fourth-order valence-electron chi connectivity index (χ4n) is 2.88. The largest absolute Gasteiger partial charge is 0.506 e. The monoisotopic (exact) mass is 383 g/mol. The smallest absolute Gasteiger partial charge is 0.169 e. The van der Waals surface area contributed by atoms with Crippen molar-refractivity contribution in [3.63, 3.8) is 0 Å². The normalized spacial score (nSPS) is 20.2. The third kappa shape index (κ3) is 4.34. The van der Waals surface area contributed by atoms with Crippen molar-refractivity contribution < 1.29 is 14.7 Å². The average Bonchev–Trinajstić information content (AvgIpc) is 3.11. The van der Waals surface area contributed by atoms with Crippen molar-refractivity contribution in [3.8, 4) is 5.75 Å². The molecule has 6 nitrogen and oxygen atoms in total. The van der Waals surface area contributed by atoms with Gasteiger partial charge in [0.15, 0.2) is 5.11 Å². The maximum absolute atomic E-state index is 9.94. The van der Waals surface area contributed by atoms with E-state index in [0.717, 1.165) is 35.0 Å². The van der Waals surface area contributed by atoms with Crippen molar-refractivity contribution in [1.82, 2.24) is 10.2 Å². The van der Waals surface area contributed by atoms with Gasteiger partial charge in [-0.3, -0.25) is 0 Å². The highest BCUT2D eigenvalue weighted by Gasteiger charge is 2.24. The number of hydrogen-bond acceptors (Lipinski definition) is 5. The van der Waals surface area contributed by atoms with Crippen LogP contribution in [-0.2, 0) is 16.0 Å². The molecule has 0 aliphatic carbocycles. The fourth-order valence-corrected chi connectivity index (χ4v) is 3.38. The second kappa shape index (κ2) is 8.21. The Kier molecular flexibility index (Phi) is 5.98. The number of nitrogens with one attached hydrogen (secondary N) is 1. The Bertz CT molecular complexity index is 677. The first kappa shape index (κ1) is 18.2. The Morgan fingerprint density at radius 1 is 1.44 bits per heavy atom. The highest BCUT2D eigenvalue weighted by Crippen LogP contribution is 2.31. The summed E-state index contributed by atoms with van der Waals surface area (Å²) in [7, 11) is 0. The molecule has 1 aromatic rings. The van der Waals surface area contributed by atoms with Crippen molar-refractivity contribution in [2.24, 2.45) is 5.16 Å². The quantitative estimate of drug-likeness (QED) is 0.778. The van der Waals surface area contributed by atoms with Crippen LogP contribution in [0, 0.1) is 0 Å². The van der Waals surface area contributed by atoms with Crippen LogP contribution >= 0.6 is 23.8 Å². The van der Waals surface area contributed by atoms with E-state index in [1.807, 2.05) is 13.0 Å². The molecule has 0 radical (unpaired) electrons. The molecular weight excluding hydrogens is 362 g/mol. The number of ether oxygens (including phenoxy) is 1. The van der Waals surface area contributed by atoms with E-state index in [1.165, 1.54) is 0 Å². The molecule has 8 heteroatoms. The number of nitrogens with zero attached hydrogens (tertiary/aromatic N) is 2. The number of thiocarbonyl (C=S) groups is 1. The molecule has 2 N–H and O–H groups in total. The molecule has 3 rings (SSSR count). The summed E-state index contributed by atoms with van der Waals surface area (Å²) in [4.78, 5) is 7.62. The van der Waals surface area contributed by atoms with E-state index >= 15 is 0 Å². The maximum atomic E-state index is 9.94. The lowest BCUT2D eigenvalue weighted by molar-refractivity contribution is 0.0655. The highest BCUT2D eigenvalue weighted by atomic mass is 35.5. The summed E-state index contributed by atoms with van der Waals surface area (Å²) in [6.45, 7) is 5.60. The first-order chi connectivity index (χ1) is 12.1. The van der Waals surface area contributed by atoms with Gasteiger partial charge < -0.3 is 24.9 Å². The Balaban J connectivity index is 1.55. The first-order valence-electron chi connectivity index (χ1n) is 8.43. The number of phenolic OH excluding ortho intramolecular Hbond substituents is 1. The number of halogens is 1. The molecule has 1 saturated heterocycles. The van der Waals surface area contributed by atoms with Crippen LogP contribution in [0.4, 0.5) is 0 Å². The van der Waals surface area contributed by atoms with Crippen molar-refractivity contribution in [3.05, 3.63) is 28.3 Å². The van der Waals surface area contributed by atoms with Gasteiger partial charge in [0.1, 0.15) is 11.9 Å². The molecule has 0 aromatic heterocycles. The van der Waals surface area contributed by atoms with Crippen LogP contribution in [0.25, 0.3) is 0 Å². The second-order valence-corrected chi connectivity index (χ2v) is 6.87. The van der Waals surface area contributed by atoms with Crippen molar-refractivity contribution >= 4 is 34.6 Å². The zero-order chi connectivity index (χ0) is 17.8.